The number of anilines is 1. The molecule has 12 heteroatoms. The maximum absolute atomic E-state index is 14.7. The Balaban J connectivity index is 2.28. The van der Waals surface area contributed by atoms with Crippen molar-refractivity contribution in [3.8, 4) is 10.4 Å². The number of nitro groups is 1. The number of thiophene rings is 1. The van der Waals surface area contributed by atoms with E-state index < -0.39 is 35.2 Å². The van der Waals surface area contributed by atoms with Crippen LogP contribution in [0.1, 0.15) is 41.8 Å². The fraction of sp³-hybridized carbons (Fsp3) is 0.333. The minimum atomic E-state index is -0.848. The first-order chi connectivity index (χ1) is 18.6. The summed E-state index contributed by atoms with van der Waals surface area (Å²) < 4.78 is 39.4. The van der Waals surface area contributed by atoms with Crippen molar-refractivity contribution in [3.05, 3.63) is 80.9 Å². The van der Waals surface area contributed by atoms with Crippen LogP contribution in [0.2, 0.25) is 0 Å². The normalized spacial score (nSPS) is 10.9. The van der Waals surface area contributed by atoms with Crippen LogP contribution in [0.25, 0.3) is 10.4 Å². The molecule has 39 heavy (non-hydrogen) atoms. The highest BCUT2D eigenvalue weighted by Gasteiger charge is 2.33. The zero-order valence-corrected chi connectivity index (χ0v) is 22.8. The van der Waals surface area contributed by atoms with E-state index in [0.717, 1.165) is 34.4 Å². The van der Waals surface area contributed by atoms with Crippen LogP contribution in [0, 0.1) is 21.7 Å². The van der Waals surface area contributed by atoms with Crippen molar-refractivity contribution in [2.45, 2.75) is 33.4 Å². The van der Waals surface area contributed by atoms with Crippen molar-refractivity contribution in [2.24, 2.45) is 0 Å². The van der Waals surface area contributed by atoms with Crippen LogP contribution in [0.5, 0.6) is 0 Å². The third-order valence-corrected chi connectivity index (χ3v) is 6.82. The molecule has 0 aliphatic heterocycles. The fourth-order valence-electron chi connectivity index (χ4n) is 3.81. The predicted octanol–water partition coefficient (Wildman–Crippen LogP) is 6.39. The van der Waals surface area contributed by atoms with E-state index in [2.05, 4.69) is 0 Å². The summed E-state index contributed by atoms with van der Waals surface area (Å²) in [5.41, 5.74) is 0.937. The molecule has 0 saturated heterocycles. The lowest BCUT2D eigenvalue weighted by Gasteiger charge is -2.22. The predicted molar refractivity (Wildman–Crippen MR) is 144 cm³/mol. The van der Waals surface area contributed by atoms with Crippen LogP contribution in [-0.2, 0) is 22.6 Å². The molecule has 9 nitrogen and oxygen atoms in total. The Bertz CT molecular complexity index is 1340. The Morgan fingerprint density at radius 3 is 2.31 bits per heavy atom. The van der Waals surface area contributed by atoms with E-state index in [9.17, 15) is 28.5 Å². The topological polar surface area (TPSA) is 102 Å². The fourth-order valence-corrected chi connectivity index (χ4v) is 5.11. The SMILES string of the molecule is CCCOC(=O)N(Cc1cc(F)ccc1F)c1sc(-c2ccc([N+](=O)[O-])cc2)c(CN(C)C)c1C(=O)OCC. The molecule has 0 N–H and O–H groups in total. The molecular weight excluding hydrogens is 532 g/mol. The molecular formula is C27H29F2N3O6S. The number of hydrogen-bond donors (Lipinski definition) is 0. The first-order valence-corrected chi connectivity index (χ1v) is 13.0. The molecule has 1 amide bonds. The number of nitro benzene ring substituents is 1. The van der Waals surface area contributed by atoms with Crippen molar-refractivity contribution in [1.29, 1.82) is 0 Å². The molecule has 0 spiro atoms. The van der Waals surface area contributed by atoms with E-state index in [1.165, 1.54) is 12.1 Å². The van der Waals surface area contributed by atoms with Gasteiger partial charge in [0.05, 0.1) is 30.2 Å². The number of esters is 1. The van der Waals surface area contributed by atoms with Crippen LogP contribution in [0.15, 0.2) is 42.5 Å². The van der Waals surface area contributed by atoms with Crippen molar-refractivity contribution >= 4 is 34.1 Å². The van der Waals surface area contributed by atoms with E-state index in [1.54, 1.807) is 40.1 Å². The number of carbonyl (C=O) groups excluding carboxylic acids is 2. The lowest BCUT2D eigenvalue weighted by Crippen LogP contribution is -2.32. The standard InChI is InChI=1S/C27H29F2N3O6S/c1-5-13-38-27(34)31(15-18-14-19(28)9-12-22(18)29)25-23(26(33)37-6-2)21(16-30(3)4)24(39-25)17-7-10-20(11-8-17)32(35)36/h7-12,14H,5-6,13,15-16H2,1-4H3. The van der Waals surface area contributed by atoms with Gasteiger partial charge in [-0.3, -0.25) is 15.0 Å². The van der Waals surface area contributed by atoms with Crippen LogP contribution in [0.4, 0.5) is 24.3 Å². The van der Waals surface area contributed by atoms with Gasteiger partial charge < -0.3 is 14.4 Å². The highest BCUT2D eigenvalue weighted by molar-refractivity contribution is 7.20. The van der Waals surface area contributed by atoms with Gasteiger partial charge >= 0.3 is 12.1 Å². The Morgan fingerprint density at radius 2 is 1.72 bits per heavy atom. The third kappa shape index (κ3) is 7.15. The van der Waals surface area contributed by atoms with Gasteiger partial charge in [-0.2, -0.15) is 0 Å². The van der Waals surface area contributed by atoms with Crippen molar-refractivity contribution < 1.29 is 32.8 Å². The van der Waals surface area contributed by atoms with Gasteiger partial charge in [-0.15, -0.1) is 11.3 Å². The number of benzene rings is 2. The summed E-state index contributed by atoms with van der Waals surface area (Å²) >= 11 is 1.06. The zero-order valence-electron chi connectivity index (χ0n) is 22.0. The van der Waals surface area contributed by atoms with E-state index >= 15 is 0 Å². The maximum Gasteiger partial charge on any atom is 0.415 e. The molecule has 0 aliphatic rings. The summed E-state index contributed by atoms with van der Waals surface area (Å²) in [6, 6.07) is 8.68. The molecule has 0 fully saturated rings. The third-order valence-electron chi connectivity index (χ3n) is 5.51. The average molecular weight is 562 g/mol. The molecule has 1 heterocycles. The average Bonchev–Trinajstić information content (AvgIpc) is 3.25. The van der Waals surface area contributed by atoms with Gasteiger partial charge in [-0.1, -0.05) is 6.92 Å². The number of carbonyl (C=O) groups is 2. The molecule has 0 bridgehead atoms. The maximum atomic E-state index is 14.7. The van der Waals surface area contributed by atoms with Gasteiger partial charge in [0.15, 0.2) is 0 Å². The zero-order chi connectivity index (χ0) is 28.7. The first kappa shape index (κ1) is 29.7. The van der Waals surface area contributed by atoms with Gasteiger partial charge in [0.1, 0.15) is 16.6 Å². The second-order valence-corrected chi connectivity index (χ2v) is 9.79. The number of non-ortho nitro benzene ring substituents is 1. The Hall–Kier alpha value is -3.90. The molecule has 2 aromatic carbocycles. The number of ether oxygens (including phenoxy) is 2. The Morgan fingerprint density at radius 1 is 1.03 bits per heavy atom. The summed E-state index contributed by atoms with van der Waals surface area (Å²) in [5, 5.41) is 11.3. The van der Waals surface area contributed by atoms with Crippen LogP contribution < -0.4 is 4.90 Å². The largest absolute Gasteiger partial charge is 0.462 e. The smallest absolute Gasteiger partial charge is 0.415 e. The number of halogens is 2. The van der Waals surface area contributed by atoms with Gasteiger partial charge in [-0.25, -0.2) is 18.4 Å². The molecule has 0 unspecified atom stereocenters. The van der Waals surface area contributed by atoms with Crippen molar-refractivity contribution in [3.63, 3.8) is 0 Å². The number of nitrogens with zero attached hydrogens (tertiary/aromatic N) is 3. The summed E-state index contributed by atoms with van der Waals surface area (Å²) in [7, 11) is 3.59. The molecule has 0 radical (unpaired) electrons. The summed E-state index contributed by atoms with van der Waals surface area (Å²) in [6.07, 6.45) is -0.331. The van der Waals surface area contributed by atoms with Crippen molar-refractivity contribution in [1.82, 2.24) is 4.90 Å². The summed E-state index contributed by atoms with van der Waals surface area (Å²) in [4.78, 5) is 40.8. The molecule has 3 aromatic rings. The minimum absolute atomic E-state index is 0.0567. The van der Waals surface area contributed by atoms with Gasteiger partial charge in [0, 0.05) is 34.7 Å². The van der Waals surface area contributed by atoms with E-state index in [4.69, 9.17) is 9.47 Å². The highest BCUT2D eigenvalue weighted by atomic mass is 32.1. The molecule has 0 aliphatic carbocycles. The van der Waals surface area contributed by atoms with Gasteiger partial charge in [0.25, 0.3) is 5.69 Å². The Kier molecular flexibility index (Phi) is 10.1. The molecule has 3 rings (SSSR count). The summed E-state index contributed by atoms with van der Waals surface area (Å²) in [5.74, 6) is -2.13. The van der Waals surface area contributed by atoms with Crippen LogP contribution >= 0.6 is 11.3 Å². The second kappa shape index (κ2) is 13.3. The van der Waals surface area contributed by atoms with E-state index in [0.29, 0.717) is 22.4 Å². The number of rotatable bonds is 11. The van der Waals surface area contributed by atoms with Gasteiger partial charge in [0.2, 0.25) is 0 Å². The minimum Gasteiger partial charge on any atom is -0.462 e. The monoisotopic (exact) mass is 561 g/mol. The lowest BCUT2D eigenvalue weighted by molar-refractivity contribution is -0.384. The quantitative estimate of drug-likeness (QED) is 0.152. The summed E-state index contributed by atoms with van der Waals surface area (Å²) in [6.45, 7) is 3.41. The van der Waals surface area contributed by atoms with E-state index in [1.807, 2.05) is 4.90 Å². The molecule has 0 atom stereocenters. The van der Waals surface area contributed by atoms with E-state index in [-0.39, 0.29) is 41.6 Å². The lowest BCUT2D eigenvalue weighted by atomic mass is 10.0. The van der Waals surface area contributed by atoms with Crippen LogP contribution in [-0.4, -0.2) is 49.2 Å². The first-order valence-electron chi connectivity index (χ1n) is 12.2. The second-order valence-electron chi connectivity index (χ2n) is 8.79. The molecule has 208 valence electrons. The highest BCUT2D eigenvalue weighted by Crippen LogP contribution is 2.44. The van der Waals surface area contributed by atoms with Gasteiger partial charge in [-0.05, 0) is 63.3 Å². The molecule has 1 aromatic heterocycles. The van der Waals surface area contributed by atoms with Crippen LogP contribution in [0.3, 0.4) is 0 Å². The number of hydrogen-bond acceptors (Lipinski definition) is 8. The Labute approximate surface area is 228 Å². The van der Waals surface area contributed by atoms with Crippen molar-refractivity contribution in [2.75, 3.05) is 32.2 Å². The number of amides is 1. The molecule has 0 saturated carbocycles.